The van der Waals surface area contributed by atoms with Gasteiger partial charge in [-0.2, -0.15) is 5.10 Å². The number of hydrazone groups is 1. The first kappa shape index (κ1) is 10.4. The second-order valence-corrected chi connectivity index (χ2v) is 4.78. The van der Waals surface area contributed by atoms with E-state index in [-0.39, 0.29) is 0 Å². The fraction of sp³-hybridized carbons (Fsp3) is 0.200. The molecule has 0 saturated heterocycles. The molecule has 15 heavy (non-hydrogen) atoms. The molecule has 1 aromatic rings. The molecule has 5 heteroatoms. The number of thiophene rings is 1. The molecular weight excluding hydrogens is 226 g/mol. The molecule has 0 unspecified atom stereocenters. The molecule has 0 aromatic carbocycles. The standard InChI is InChI=1S/C10H11N3S2/c1-2-5-11-10-13-12-8(7-15-10)9-4-3-6-14-9/h2-4,6H,1,5,7H2,(H,11,13). The van der Waals surface area contributed by atoms with Gasteiger partial charge in [0.2, 0.25) is 0 Å². The lowest BCUT2D eigenvalue weighted by Gasteiger charge is -2.13. The van der Waals surface area contributed by atoms with Crippen molar-refractivity contribution in [3.05, 3.63) is 35.0 Å². The van der Waals surface area contributed by atoms with E-state index < -0.39 is 0 Å². The molecule has 0 amide bonds. The average Bonchev–Trinajstić information content (AvgIpc) is 2.80. The zero-order valence-electron chi connectivity index (χ0n) is 8.14. The van der Waals surface area contributed by atoms with Crippen LogP contribution >= 0.6 is 23.1 Å². The van der Waals surface area contributed by atoms with Gasteiger partial charge < -0.3 is 0 Å². The van der Waals surface area contributed by atoms with Crippen LogP contribution in [0.4, 0.5) is 0 Å². The number of thioether (sulfide) groups is 1. The molecule has 0 bridgehead atoms. The Bertz CT molecular complexity index is 393. The molecule has 0 radical (unpaired) electrons. The summed E-state index contributed by atoms with van der Waals surface area (Å²) < 4.78 is 0. The van der Waals surface area contributed by atoms with Crippen LogP contribution in [-0.2, 0) is 0 Å². The summed E-state index contributed by atoms with van der Waals surface area (Å²) in [5.41, 5.74) is 4.04. The minimum absolute atomic E-state index is 0.638. The highest BCUT2D eigenvalue weighted by Gasteiger charge is 2.12. The molecule has 0 spiro atoms. The first-order valence-corrected chi connectivity index (χ1v) is 6.41. The van der Waals surface area contributed by atoms with Crippen LogP contribution in [-0.4, -0.2) is 23.2 Å². The van der Waals surface area contributed by atoms with Gasteiger partial charge in [0.1, 0.15) is 0 Å². The van der Waals surface area contributed by atoms with Crippen LogP contribution in [0, 0.1) is 0 Å². The first-order valence-electron chi connectivity index (χ1n) is 4.55. The molecule has 1 aliphatic heterocycles. The Hall–Kier alpha value is -1.07. The molecule has 2 heterocycles. The van der Waals surface area contributed by atoms with E-state index in [1.807, 2.05) is 6.07 Å². The van der Waals surface area contributed by atoms with Crippen molar-refractivity contribution in [3.63, 3.8) is 0 Å². The van der Waals surface area contributed by atoms with E-state index in [0.717, 1.165) is 16.6 Å². The molecule has 1 N–H and O–H groups in total. The van der Waals surface area contributed by atoms with Crippen molar-refractivity contribution in [3.8, 4) is 0 Å². The molecule has 0 fully saturated rings. The van der Waals surface area contributed by atoms with Gasteiger partial charge in [0.05, 0.1) is 17.1 Å². The quantitative estimate of drug-likeness (QED) is 0.819. The molecule has 1 aromatic heterocycles. The van der Waals surface area contributed by atoms with Crippen LogP contribution in [0.25, 0.3) is 0 Å². The monoisotopic (exact) mass is 237 g/mol. The Morgan fingerprint density at radius 1 is 1.67 bits per heavy atom. The SMILES string of the molecule is C=CCN=C1NN=C(c2cccs2)CS1. The van der Waals surface area contributed by atoms with Crippen LogP contribution in [0.15, 0.2) is 40.3 Å². The van der Waals surface area contributed by atoms with Crippen LogP contribution in [0.2, 0.25) is 0 Å². The highest BCUT2D eigenvalue weighted by molar-refractivity contribution is 8.14. The van der Waals surface area contributed by atoms with Gasteiger partial charge in [-0.1, -0.05) is 23.9 Å². The lowest BCUT2D eigenvalue weighted by atomic mass is 10.3. The van der Waals surface area contributed by atoms with E-state index in [0.29, 0.717) is 6.54 Å². The van der Waals surface area contributed by atoms with Crippen molar-refractivity contribution >= 4 is 34.0 Å². The Balaban J connectivity index is 2.03. The third kappa shape index (κ3) is 2.70. The molecule has 3 nitrogen and oxygen atoms in total. The predicted octanol–water partition coefficient (Wildman–Crippen LogP) is 2.33. The van der Waals surface area contributed by atoms with Crippen LogP contribution in [0.1, 0.15) is 4.88 Å². The molecule has 0 aliphatic carbocycles. The van der Waals surface area contributed by atoms with E-state index in [9.17, 15) is 0 Å². The smallest absolute Gasteiger partial charge is 0.177 e. The Morgan fingerprint density at radius 2 is 2.60 bits per heavy atom. The zero-order valence-corrected chi connectivity index (χ0v) is 9.77. The van der Waals surface area contributed by atoms with Crippen molar-refractivity contribution in [1.29, 1.82) is 0 Å². The number of nitrogens with zero attached hydrogens (tertiary/aromatic N) is 2. The van der Waals surface area contributed by atoms with Gasteiger partial charge in [-0.15, -0.1) is 17.9 Å². The first-order chi connectivity index (χ1) is 7.40. The third-order valence-electron chi connectivity index (χ3n) is 1.80. The summed E-state index contributed by atoms with van der Waals surface area (Å²) in [4.78, 5) is 5.48. The molecular formula is C10H11N3S2. The summed E-state index contributed by atoms with van der Waals surface area (Å²) in [5, 5.41) is 7.23. The van der Waals surface area contributed by atoms with E-state index in [4.69, 9.17) is 0 Å². The van der Waals surface area contributed by atoms with Crippen LogP contribution in [0.5, 0.6) is 0 Å². The zero-order chi connectivity index (χ0) is 10.5. The van der Waals surface area contributed by atoms with Crippen molar-refractivity contribution in [1.82, 2.24) is 5.43 Å². The second kappa shape index (κ2) is 5.14. The Morgan fingerprint density at radius 3 is 3.20 bits per heavy atom. The summed E-state index contributed by atoms with van der Waals surface area (Å²) >= 11 is 3.38. The fourth-order valence-corrected chi connectivity index (χ4v) is 2.69. The second-order valence-electron chi connectivity index (χ2n) is 2.87. The van der Waals surface area contributed by atoms with Crippen molar-refractivity contribution < 1.29 is 0 Å². The van der Waals surface area contributed by atoms with Gasteiger partial charge in [0.25, 0.3) is 0 Å². The number of nitrogens with one attached hydrogen (secondary N) is 1. The topological polar surface area (TPSA) is 36.8 Å². The Kier molecular flexibility index (Phi) is 3.58. The highest BCUT2D eigenvalue weighted by Crippen LogP contribution is 2.17. The van der Waals surface area contributed by atoms with E-state index >= 15 is 0 Å². The number of hydrogen-bond acceptors (Lipinski definition) is 4. The van der Waals surface area contributed by atoms with E-state index in [2.05, 4.69) is 33.5 Å². The molecule has 78 valence electrons. The maximum Gasteiger partial charge on any atom is 0.177 e. The number of rotatable bonds is 3. The predicted molar refractivity (Wildman–Crippen MR) is 68.9 cm³/mol. The van der Waals surface area contributed by atoms with Gasteiger partial charge in [0.15, 0.2) is 5.17 Å². The summed E-state index contributed by atoms with van der Waals surface area (Å²) in [6.07, 6.45) is 1.77. The maximum atomic E-state index is 4.30. The molecule has 0 atom stereocenters. The summed E-state index contributed by atoms with van der Waals surface area (Å²) in [5.74, 6) is 0.878. The summed E-state index contributed by atoms with van der Waals surface area (Å²) in [6.45, 7) is 4.26. The lowest BCUT2D eigenvalue weighted by Crippen LogP contribution is -2.25. The van der Waals surface area contributed by atoms with Gasteiger partial charge in [0, 0.05) is 5.75 Å². The number of aliphatic imine (C=N–C) groups is 1. The number of hydrogen-bond donors (Lipinski definition) is 1. The minimum atomic E-state index is 0.638. The third-order valence-corrected chi connectivity index (χ3v) is 3.63. The highest BCUT2D eigenvalue weighted by atomic mass is 32.2. The van der Waals surface area contributed by atoms with E-state index in [1.54, 1.807) is 29.2 Å². The van der Waals surface area contributed by atoms with Gasteiger partial charge >= 0.3 is 0 Å². The molecule has 1 aliphatic rings. The van der Waals surface area contributed by atoms with Crippen LogP contribution < -0.4 is 5.43 Å². The molecule has 0 saturated carbocycles. The summed E-state index contributed by atoms with van der Waals surface area (Å²) in [6, 6.07) is 4.12. The van der Waals surface area contributed by atoms with Crippen molar-refractivity contribution in [2.45, 2.75) is 0 Å². The minimum Gasteiger partial charge on any atom is -0.257 e. The lowest BCUT2D eigenvalue weighted by molar-refractivity contribution is 1.02. The Labute approximate surface area is 97.0 Å². The summed E-state index contributed by atoms with van der Waals surface area (Å²) in [7, 11) is 0. The van der Waals surface area contributed by atoms with Crippen LogP contribution in [0.3, 0.4) is 0 Å². The van der Waals surface area contributed by atoms with Crippen molar-refractivity contribution in [2.24, 2.45) is 10.1 Å². The van der Waals surface area contributed by atoms with Gasteiger partial charge in [-0.25, -0.2) is 0 Å². The maximum absolute atomic E-state index is 4.30. The van der Waals surface area contributed by atoms with Crippen molar-refractivity contribution in [2.75, 3.05) is 12.3 Å². The largest absolute Gasteiger partial charge is 0.257 e. The van der Waals surface area contributed by atoms with Gasteiger partial charge in [-0.05, 0) is 11.4 Å². The fourth-order valence-electron chi connectivity index (χ4n) is 1.11. The number of amidine groups is 1. The molecule has 2 rings (SSSR count). The normalized spacial score (nSPS) is 18.4. The van der Waals surface area contributed by atoms with Gasteiger partial charge in [-0.3, -0.25) is 10.4 Å². The van der Waals surface area contributed by atoms with E-state index in [1.165, 1.54) is 4.88 Å². The average molecular weight is 237 g/mol.